The van der Waals surface area contributed by atoms with Crippen molar-refractivity contribution in [1.29, 1.82) is 0 Å². The van der Waals surface area contributed by atoms with E-state index >= 15 is 0 Å². The van der Waals surface area contributed by atoms with Crippen LogP contribution in [0.4, 0.5) is 83.9 Å². The Balaban J connectivity index is 0.000000297. The number of rotatable bonds is 34. The standard InChI is InChI=1S/C46H54N4O13.C42H42N4O11.C2H6O/c1-7-57-41(51)31(5)62-45(55)49-39-21-13-35(14-22-39)25-33-9-17-37(18-10-33)47-43(53)60-27-29(3)59-28-30(4)61-44(54)48-38-19-11-34(12-20-38)26-36-15-23-40(24-16-36)50-46(56)63-32(6)42(52)58-8-2;1-25(23-54-39(49)43-33-13-5-29(6-14-33)21-31-9-17-35(18-10-31)45-37(47)27(3)56-41(45)51)53-24-26(2)55-40(50)44-34-15-7-30(8-16-34)22-32-11-19-36(20-12-32)46-38(48)28(4)57-42(46)52;1-2-3/h9-24,29-32H,7-8,25-28H2,1-6H3,(H,47,53)(H,48,54)(H,49,55)(H,50,56);5-20,25-28H,21-24H2,1-4H3,(H,43,49)(H,44,50);3H,2H2,1H3. The number of hydrogen-bond acceptors (Lipinski definition) is 25. The Bertz CT molecular complexity index is 4850. The maximum absolute atomic E-state index is 12.5. The van der Waals surface area contributed by atoms with Crippen molar-refractivity contribution < 1.29 is 119 Å². The van der Waals surface area contributed by atoms with Gasteiger partial charge >= 0.3 is 60.7 Å². The van der Waals surface area contributed by atoms with Crippen LogP contribution in [0.25, 0.3) is 0 Å². The van der Waals surface area contributed by atoms with Crippen LogP contribution in [-0.4, -0.2) is 173 Å². The highest BCUT2D eigenvalue weighted by atomic mass is 16.6. The highest BCUT2D eigenvalue weighted by Crippen LogP contribution is 2.28. The van der Waals surface area contributed by atoms with Crippen molar-refractivity contribution >= 4 is 118 Å². The zero-order valence-corrected chi connectivity index (χ0v) is 70.0. The second kappa shape index (κ2) is 47.8. The second-order valence-electron chi connectivity index (χ2n) is 28.2. The van der Waals surface area contributed by atoms with E-state index in [2.05, 4.69) is 31.9 Å². The summed E-state index contributed by atoms with van der Waals surface area (Å²) in [6.07, 6.45) is -8.89. The van der Waals surface area contributed by atoms with Crippen LogP contribution in [0.5, 0.6) is 0 Å². The molecule has 0 bridgehead atoms. The number of imide groups is 2. The van der Waals surface area contributed by atoms with Crippen LogP contribution in [0, 0.1) is 0 Å². The summed E-state index contributed by atoms with van der Waals surface area (Å²) in [7, 11) is 0. The lowest BCUT2D eigenvalue weighted by Gasteiger charge is -2.18. The molecule has 652 valence electrons. The molecule has 2 saturated heterocycles. The van der Waals surface area contributed by atoms with Gasteiger partial charge in [0.1, 0.15) is 25.4 Å². The first-order valence-electron chi connectivity index (χ1n) is 39.7. The monoisotopic (exact) mass is 1690 g/mol. The molecule has 0 saturated carbocycles. The van der Waals surface area contributed by atoms with E-state index in [4.69, 9.17) is 61.9 Å². The Morgan fingerprint density at radius 2 is 0.545 bits per heavy atom. The van der Waals surface area contributed by atoms with E-state index < -0.39 is 121 Å². The Hall–Kier alpha value is -13.9. The van der Waals surface area contributed by atoms with Gasteiger partial charge in [-0.2, -0.15) is 0 Å². The van der Waals surface area contributed by atoms with Crippen molar-refractivity contribution in [1.82, 2.24) is 0 Å². The molecule has 2 aliphatic rings. The second-order valence-corrected chi connectivity index (χ2v) is 28.2. The summed E-state index contributed by atoms with van der Waals surface area (Å²) >= 11 is 0. The topological polar surface area (TPSA) is 414 Å². The number of benzene rings is 8. The van der Waals surface area contributed by atoms with Gasteiger partial charge in [-0.1, -0.05) is 97.1 Å². The molecule has 0 aliphatic carbocycles. The molecule has 123 heavy (non-hydrogen) atoms. The highest BCUT2D eigenvalue weighted by Gasteiger charge is 2.40. The van der Waals surface area contributed by atoms with Crippen molar-refractivity contribution in [3.63, 3.8) is 0 Å². The maximum Gasteiger partial charge on any atom is 0.422 e. The minimum absolute atomic E-state index is 0.0268. The summed E-state index contributed by atoms with van der Waals surface area (Å²) in [4.78, 5) is 148. The van der Waals surface area contributed by atoms with Gasteiger partial charge in [-0.05, 0) is 243 Å². The summed E-state index contributed by atoms with van der Waals surface area (Å²) < 4.78 is 62.5. The van der Waals surface area contributed by atoms with Crippen molar-refractivity contribution in [3.05, 3.63) is 239 Å². The third kappa shape index (κ3) is 31.6. The van der Waals surface area contributed by atoms with Crippen LogP contribution in [0.3, 0.4) is 0 Å². The Morgan fingerprint density at radius 1 is 0.325 bits per heavy atom. The number of cyclic esters (lactones) is 2. The lowest BCUT2D eigenvalue weighted by atomic mass is 10.0. The number of anilines is 8. The zero-order chi connectivity index (χ0) is 89.1. The van der Waals surface area contributed by atoms with E-state index in [-0.39, 0.29) is 46.2 Å². The van der Waals surface area contributed by atoms with Gasteiger partial charge in [-0.15, -0.1) is 0 Å². The number of amides is 10. The molecule has 2 fully saturated rings. The average Bonchev–Trinajstić information content (AvgIpc) is 1.67. The lowest BCUT2D eigenvalue weighted by Crippen LogP contribution is -2.30. The predicted molar refractivity (Wildman–Crippen MR) is 455 cm³/mol. The molecule has 33 nitrogen and oxygen atoms in total. The number of carbonyl (C=O) groups excluding carboxylic acids is 12. The Labute approximate surface area is 711 Å². The lowest BCUT2D eigenvalue weighted by molar-refractivity contribution is -0.152. The SMILES string of the molecule is CC(COC(=O)Nc1ccc(Cc2ccc(N3C(=O)OC(C)C3=O)cc2)cc1)OCC(C)OC(=O)Nc1ccc(Cc2ccc(N3C(=O)OC(C)C3=O)cc2)cc1.CCO.CCOC(=O)C(C)OC(=O)Nc1ccc(Cc2ccc(NC(=O)OCC(C)OCC(C)OC(=O)Nc3ccc(Cc4ccc(NC(=O)OC(C)C(=O)OCC)cc4)cc3)cc2)cc1. The van der Waals surface area contributed by atoms with Crippen LogP contribution < -0.4 is 41.7 Å². The molecular weight excluding hydrogens is 1590 g/mol. The molecule has 0 radical (unpaired) electrons. The quantitative estimate of drug-likeness (QED) is 0.0145. The number of nitrogens with one attached hydrogen (secondary N) is 6. The molecule has 7 N–H and O–H groups in total. The van der Waals surface area contributed by atoms with E-state index in [1.807, 2.05) is 97.1 Å². The minimum atomic E-state index is -1.03. The molecule has 10 rings (SSSR count). The molecule has 2 heterocycles. The first kappa shape index (κ1) is 94.6. The van der Waals surface area contributed by atoms with Crippen molar-refractivity contribution in [2.75, 3.05) is 87.9 Å². The normalized spacial score (nSPS) is 14.7. The van der Waals surface area contributed by atoms with Crippen LogP contribution in [0.1, 0.15) is 121 Å². The third-order valence-corrected chi connectivity index (χ3v) is 17.8. The summed E-state index contributed by atoms with van der Waals surface area (Å²) in [5.41, 5.74) is 11.9. The molecule has 10 amide bonds. The van der Waals surface area contributed by atoms with Gasteiger partial charge in [0, 0.05) is 40.7 Å². The number of esters is 2. The average molecular weight is 1700 g/mol. The Morgan fingerprint density at radius 3 is 0.764 bits per heavy atom. The van der Waals surface area contributed by atoms with Gasteiger partial charge in [-0.25, -0.2) is 57.7 Å². The van der Waals surface area contributed by atoms with E-state index in [0.717, 1.165) is 54.3 Å². The fourth-order valence-electron chi connectivity index (χ4n) is 11.6. The van der Waals surface area contributed by atoms with Gasteiger partial charge in [0.05, 0.1) is 50.0 Å². The van der Waals surface area contributed by atoms with Crippen LogP contribution in [0.15, 0.2) is 194 Å². The van der Waals surface area contributed by atoms with Gasteiger partial charge < -0.3 is 61.9 Å². The molecular formula is C90H102N8O25. The molecule has 8 unspecified atom stereocenters. The van der Waals surface area contributed by atoms with Gasteiger partial charge in [-0.3, -0.25) is 41.5 Å². The van der Waals surface area contributed by atoms with Gasteiger partial charge in [0.2, 0.25) is 0 Å². The fourth-order valence-corrected chi connectivity index (χ4v) is 11.6. The van der Waals surface area contributed by atoms with Crippen molar-refractivity contribution in [2.24, 2.45) is 0 Å². The molecule has 2 aliphatic heterocycles. The largest absolute Gasteiger partial charge is 0.463 e. The van der Waals surface area contributed by atoms with Crippen LogP contribution in [-0.2, 0) is 102 Å². The molecule has 33 heteroatoms. The molecule has 8 aromatic carbocycles. The van der Waals surface area contributed by atoms with Gasteiger partial charge in [0.25, 0.3) is 11.8 Å². The first-order valence-corrected chi connectivity index (χ1v) is 39.7. The number of carbonyl (C=O) groups is 12. The van der Waals surface area contributed by atoms with Crippen LogP contribution in [0.2, 0.25) is 0 Å². The van der Waals surface area contributed by atoms with E-state index in [0.29, 0.717) is 71.2 Å². The number of nitrogens with zero attached hydrogens (tertiary/aromatic N) is 2. The third-order valence-electron chi connectivity index (χ3n) is 17.8. The number of ether oxygens (including phenoxy) is 12. The first-order chi connectivity index (χ1) is 58.9. The summed E-state index contributed by atoms with van der Waals surface area (Å²) in [5.74, 6) is -2.04. The van der Waals surface area contributed by atoms with E-state index in [1.54, 1.807) is 146 Å². The van der Waals surface area contributed by atoms with Crippen molar-refractivity contribution in [2.45, 2.75) is 151 Å². The highest BCUT2D eigenvalue weighted by molar-refractivity contribution is 6.18. The molecule has 0 aromatic heterocycles. The molecule has 8 aromatic rings. The zero-order valence-electron chi connectivity index (χ0n) is 70.0. The maximum atomic E-state index is 12.5. The molecule has 0 spiro atoms. The smallest absolute Gasteiger partial charge is 0.422 e. The fraction of sp³-hybridized carbons (Fsp3) is 0.333. The number of aliphatic hydroxyl groups excluding tert-OH is 1. The van der Waals surface area contributed by atoms with E-state index in [1.165, 1.54) is 27.7 Å². The summed E-state index contributed by atoms with van der Waals surface area (Å²) in [5, 5.41) is 23.5. The molecule has 8 atom stereocenters. The predicted octanol–water partition coefficient (Wildman–Crippen LogP) is 15.7. The van der Waals surface area contributed by atoms with Crippen molar-refractivity contribution in [3.8, 4) is 0 Å². The number of aliphatic hydroxyl groups is 1. The Kier molecular flexibility index (Phi) is 36.7. The summed E-state index contributed by atoms with van der Waals surface area (Å²) in [6, 6.07) is 57.5. The van der Waals surface area contributed by atoms with E-state index in [9.17, 15) is 57.5 Å². The minimum Gasteiger partial charge on any atom is -0.463 e. The summed E-state index contributed by atoms with van der Waals surface area (Å²) in [6.45, 7) is 18.5. The van der Waals surface area contributed by atoms with Crippen LogP contribution >= 0.6 is 0 Å². The number of hydrogen-bond donors (Lipinski definition) is 7. The van der Waals surface area contributed by atoms with Gasteiger partial charge in [0.15, 0.2) is 24.4 Å².